The SMILES string of the molecule is ClCCl.c1ccc(-c2c(P(C3CCCCC3)C3CCCCC3)c3c4ccccc4c2c2ccccc23)cc1. The normalized spacial score (nSPS) is 17.3. The third-order valence-electron chi connectivity index (χ3n) is 8.91. The Bertz CT molecular complexity index is 1400. The van der Waals surface area contributed by atoms with Crippen LogP contribution in [0.5, 0.6) is 0 Å². The van der Waals surface area contributed by atoms with Gasteiger partial charge in [-0.3, -0.25) is 0 Å². The smallest absolute Gasteiger partial charge is 0.0967 e. The Labute approximate surface area is 238 Å². The topological polar surface area (TPSA) is 0 Å². The molecular weight excluding hydrogens is 522 g/mol. The summed E-state index contributed by atoms with van der Waals surface area (Å²) in [7, 11) is -0.220. The molecule has 2 bridgehead atoms. The number of hydrogen-bond acceptors (Lipinski definition) is 0. The van der Waals surface area contributed by atoms with Gasteiger partial charge in [0.1, 0.15) is 0 Å². The van der Waals surface area contributed by atoms with E-state index in [1.165, 1.54) is 96.7 Å². The molecule has 0 radical (unpaired) electrons. The van der Waals surface area contributed by atoms with Crippen molar-refractivity contribution in [3.8, 4) is 11.1 Å². The molecule has 196 valence electrons. The lowest BCUT2D eigenvalue weighted by atomic mass is 9.85. The van der Waals surface area contributed by atoms with E-state index in [2.05, 4.69) is 78.9 Å². The fourth-order valence-electron chi connectivity index (χ4n) is 7.42. The van der Waals surface area contributed by atoms with Gasteiger partial charge in [-0.1, -0.05) is 125 Å². The molecule has 0 spiro atoms. The van der Waals surface area contributed by atoms with E-state index in [-0.39, 0.29) is 13.3 Å². The number of halogens is 2. The van der Waals surface area contributed by atoms with Crippen molar-refractivity contribution in [3.63, 3.8) is 0 Å². The Balaban J connectivity index is 0.000000843. The molecule has 6 aromatic carbocycles. The fraction of sp³-hybridized carbons (Fsp3) is 0.371. The summed E-state index contributed by atoms with van der Waals surface area (Å²) in [6.45, 7) is 0. The predicted molar refractivity (Wildman–Crippen MR) is 172 cm³/mol. The van der Waals surface area contributed by atoms with Gasteiger partial charge in [-0.2, -0.15) is 0 Å². The third-order valence-corrected chi connectivity index (χ3v) is 12.5. The summed E-state index contributed by atoms with van der Waals surface area (Å²) >= 11 is 9.53. The van der Waals surface area contributed by atoms with Crippen molar-refractivity contribution >= 4 is 68.7 Å². The van der Waals surface area contributed by atoms with Crippen LogP contribution < -0.4 is 5.30 Å². The van der Waals surface area contributed by atoms with E-state index in [1.807, 2.05) is 0 Å². The Kier molecular flexibility index (Phi) is 8.41. The molecule has 2 saturated carbocycles. The molecule has 0 aromatic heterocycles. The molecule has 38 heavy (non-hydrogen) atoms. The average Bonchev–Trinajstić information content (AvgIpc) is 2.99. The Morgan fingerprint density at radius 1 is 0.526 bits per heavy atom. The first-order chi connectivity index (χ1) is 18.8. The molecule has 0 unspecified atom stereocenters. The van der Waals surface area contributed by atoms with Crippen LogP contribution in [0, 0.1) is 0 Å². The van der Waals surface area contributed by atoms with Gasteiger partial charge in [0.15, 0.2) is 0 Å². The number of fused-ring (bicyclic) bond motifs is 1. The first-order valence-corrected chi connectivity index (χ1v) is 17.0. The second-order valence-corrected chi connectivity index (χ2v) is 14.6. The highest BCUT2D eigenvalue weighted by atomic mass is 35.5. The van der Waals surface area contributed by atoms with Crippen LogP contribution in [-0.4, -0.2) is 16.7 Å². The van der Waals surface area contributed by atoms with E-state index < -0.39 is 0 Å². The molecule has 0 aliphatic heterocycles. The van der Waals surface area contributed by atoms with Gasteiger partial charge in [0.2, 0.25) is 0 Å². The summed E-state index contributed by atoms with van der Waals surface area (Å²) in [4.78, 5) is 0. The number of hydrogen-bond donors (Lipinski definition) is 0. The standard InChI is InChI=1S/C34H35P.CH2Cl2/c1-4-14-24(15-5-1)31-32-27-20-10-12-22-29(27)33(30-23-13-11-21-28(30)32)34(31)35(25-16-6-2-7-17-25)26-18-8-3-9-19-26;2-1-3/h1,4-5,10-15,20-23,25-26H,2-3,6-9,16-19H2;1H2. The van der Waals surface area contributed by atoms with Crippen LogP contribution in [0.1, 0.15) is 64.2 Å². The van der Waals surface area contributed by atoms with Crippen LogP contribution in [0.4, 0.5) is 0 Å². The van der Waals surface area contributed by atoms with Gasteiger partial charge in [0.05, 0.1) is 5.34 Å². The molecule has 0 amide bonds. The van der Waals surface area contributed by atoms with Crippen molar-refractivity contribution in [1.82, 2.24) is 0 Å². The van der Waals surface area contributed by atoms with Gasteiger partial charge in [-0.25, -0.2) is 0 Å². The zero-order valence-corrected chi connectivity index (χ0v) is 24.5. The van der Waals surface area contributed by atoms with Crippen molar-refractivity contribution in [2.24, 2.45) is 0 Å². The quantitative estimate of drug-likeness (QED) is 0.117. The monoisotopic (exact) mass is 558 g/mol. The van der Waals surface area contributed by atoms with E-state index in [0.29, 0.717) is 0 Å². The van der Waals surface area contributed by atoms with Crippen molar-refractivity contribution in [1.29, 1.82) is 0 Å². The summed E-state index contributed by atoms with van der Waals surface area (Å²) in [5.74, 6) is 0. The number of benzene rings is 6. The Hall–Kier alpha value is -1.85. The highest BCUT2D eigenvalue weighted by Crippen LogP contribution is 2.59. The fourth-order valence-corrected chi connectivity index (χ4v) is 11.6. The predicted octanol–water partition coefficient (Wildman–Crippen LogP) is 11.4. The number of rotatable bonds is 4. The lowest BCUT2D eigenvalue weighted by molar-refractivity contribution is 0.487. The maximum absolute atomic E-state index is 4.76. The Morgan fingerprint density at radius 2 is 0.921 bits per heavy atom. The second kappa shape index (κ2) is 12.1. The van der Waals surface area contributed by atoms with E-state index in [1.54, 1.807) is 16.3 Å². The van der Waals surface area contributed by atoms with Crippen LogP contribution in [0.3, 0.4) is 0 Å². The molecule has 2 aliphatic carbocycles. The average molecular weight is 560 g/mol. The minimum Gasteiger partial charge on any atom is -0.109 e. The first kappa shape index (κ1) is 26.4. The zero-order valence-electron chi connectivity index (χ0n) is 22.1. The van der Waals surface area contributed by atoms with Crippen molar-refractivity contribution in [3.05, 3.63) is 78.9 Å². The second-order valence-electron chi connectivity index (χ2n) is 11.0. The minimum absolute atomic E-state index is 0.194. The summed E-state index contributed by atoms with van der Waals surface area (Å²) in [6.07, 6.45) is 14.4. The van der Waals surface area contributed by atoms with Crippen LogP contribution in [-0.2, 0) is 0 Å². The van der Waals surface area contributed by atoms with E-state index in [9.17, 15) is 0 Å². The molecule has 3 heteroatoms. The maximum Gasteiger partial charge on any atom is 0.0967 e. The third kappa shape index (κ3) is 4.83. The van der Waals surface area contributed by atoms with E-state index >= 15 is 0 Å². The summed E-state index contributed by atoms with van der Waals surface area (Å²) < 4.78 is 0. The molecule has 0 N–H and O–H groups in total. The largest absolute Gasteiger partial charge is 0.109 e. The number of alkyl halides is 2. The maximum atomic E-state index is 4.76. The van der Waals surface area contributed by atoms with Gasteiger partial charge in [-0.15, -0.1) is 23.2 Å². The van der Waals surface area contributed by atoms with E-state index in [0.717, 1.165) is 11.3 Å². The molecule has 8 rings (SSSR count). The summed E-state index contributed by atoms with van der Waals surface area (Å²) in [5, 5.41) is 11.0. The molecular formula is C35H37Cl2P. The molecule has 0 nitrogen and oxygen atoms in total. The lowest BCUT2D eigenvalue weighted by Crippen LogP contribution is -2.28. The summed E-state index contributed by atoms with van der Waals surface area (Å²) in [6, 6.07) is 30.0. The molecule has 6 aromatic rings. The molecule has 0 saturated heterocycles. The Morgan fingerprint density at radius 3 is 1.37 bits per heavy atom. The van der Waals surface area contributed by atoms with Crippen molar-refractivity contribution in [2.75, 3.05) is 5.34 Å². The zero-order chi connectivity index (χ0) is 25.9. The molecule has 2 fully saturated rings. The van der Waals surface area contributed by atoms with Gasteiger partial charge in [0, 0.05) is 0 Å². The van der Waals surface area contributed by atoms with Gasteiger partial charge in [-0.05, 0) is 85.8 Å². The minimum atomic E-state index is -0.220. The van der Waals surface area contributed by atoms with Crippen molar-refractivity contribution < 1.29 is 0 Å². The van der Waals surface area contributed by atoms with E-state index in [4.69, 9.17) is 23.2 Å². The first-order valence-electron chi connectivity index (χ1n) is 14.5. The van der Waals surface area contributed by atoms with Gasteiger partial charge >= 0.3 is 0 Å². The molecule has 2 aliphatic rings. The van der Waals surface area contributed by atoms with Crippen LogP contribution in [0.15, 0.2) is 78.9 Å². The van der Waals surface area contributed by atoms with Crippen LogP contribution in [0.25, 0.3) is 43.4 Å². The van der Waals surface area contributed by atoms with Crippen molar-refractivity contribution in [2.45, 2.75) is 75.5 Å². The van der Waals surface area contributed by atoms with Crippen LogP contribution in [0.2, 0.25) is 0 Å². The lowest BCUT2D eigenvalue weighted by Gasteiger charge is -2.41. The summed E-state index contributed by atoms with van der Waals surface area (Å²) in [5.41, 5.74) is 4.79. The molecule has 0 heterocycles. The molecule has 0 atom stereocenters. The highest BCUT2D eigenvalue weighted by Gasteiger charge is 2.37. The van der Waals surface area contributed by atoms with Gasteiger partial charge in [0.25, 0.3) is 0 Å². The van der Waals surface area contributed by atoms with Crippen LogP contribution >= 0.6 is 31.1 Å². The highest BCUT2D eigenvalue weighted by molar-refractivity contribution is 7.68. The van der Waals surface area contributed by atoms with Gasteiger partial charge < -0.3 is 0 Å².